The molecule has 4 rings (SSSR count). The number of carbonyl (C=O) groups is 1. The van der Waals surface area contributed by atoms with E-state index in [1.807, 2.05) is 40.8 Å². The lowest BCUT2D eigenvalue weighted by molar-refractivity contribution is 0.0152. The van der Waals surface area contributed by atoms with Crippen molar-refractivity contribution in [1.29, 1.82) is 0 Å². The van der Waals surface area contributed by atoms with Gasteiger partial charge in [0.2, 0.25) is 11.2 Å². The molecule has 224 valence electrons. The van der Waals surface area contributed by atoms with E-state index >= 15 is 0 Å². The number of aromatic nitrogens is 4. The first kappa shape index (κ1) is 33.2. The number of halogens is 1. The Balaban J connectivity index is 0.000000218. The Morgan fingerprint density at radius 2 is 1.73 bits per heavy atom. The first-order valence-electron chi connectivity index (χ1n) is 13.7. The second-order valence-corrected chi connectivity index (χ2v) is 11.9. The Morgan fingerprint density at radius 3 is 2.25 bits per heavy atom. The van der Waals surface area contributed by atoms with Gasteiger partial charge in [0.05, 0.1) is 0 Å². The fourth-order valence-electron chi connectivity index (χ4n) is 4.22. The van der Waals surface area contributed by atoms with Crippen molar-refractivity contribution < 1.29 is 9.53 Å². The molecule has 0 bridgehead atoms. The smallest absolute Gasteiger partial charge is 0.410 e. The highest BCUT2D eigenvalue weighted by molar-refractivity contribution is 6.28. The Hall–Kier alpha value is -2.96. The molecule has 0 aromatic carbocycles. The van der Waals surface area contributed by atoms with Crippen molar-refractivity contribution in [3.05, 3.63) is 29.8 Å². The van der Waals surface area contributed by atoms with Crippen molar-refractivity contribution in [2.75, 3.05) is 56.2 Å². The topological polar surface area (TPSA) is 155 Å². The molecule has 6 N–H and O–H groups in total. The van der Waals surface area contributed by atoms with E-state index in [-0.39, 0.29) is 22.5 Å². The zero-order chi connectivity index (χ0) is 29.8. The minimum Gasteiger partial charge on any atom is -0.444 e. The van der Waals surface area contributed by atoms with E-state index in [9.17, 15) is 4.79 Å². The van der Waals surface area contributed by atoms with Crippen LogP contribution in [0.25, 0.3) is 0 Å². The van der Waals surface area contributed by atoms with Crippen LogP contribution < -0.4 is 27.0 Å². The summed E-state index contributed by atoms with van der Waals surface area (Å²) in [5.41, 5.74) is 5.38. The number of ether oxygens (including phenoxy) is 1. The normalized spacial score (nSPS) is 22.5. The molecule has 4 heterocycles. The van der Waals surface area contributed by atoms with Gasteiger partial charge < -0.3 is 36.6 Å². The molecule has 12 nitrogen and oxygen atoms in total. The second kappa shape index (κ2) is 15.2. The molecule has 2 aliphatic heterocycles. The average Bonchev–Trinajstić information content (AvgIpc) is 2.88. The van der Waals surface area contributed by atoms with Crippen molar-refractivity contribution in [2.45, 2.75) is 77.0 Å². The number of nitrogens with zero attached hydrogens (tertiary/aromatic N) is 5. The van der Waals surface area contributed by atoms with Crippen LogP contribution in [0, 0.1) is 0 Å². The van der Waals surface area contributed by atoms with E-state index in [4.69, 9.17) is 22.1 Å². The summed E-state index contributed by atoms with van der Waals surface area (Å²) in [6.07, 6.45) is 7.36. The van der Waals surface area contributed by atoms with Gasteiger partial charge in [-0.05, 0) is 90.6 Å². The van der Waals surface area contributed by atoms with Crippen molar-refractivity contribution in [1.82, 2.24) is 30.2 Å². The van der Waals surface area contributed by atoms with E-state index in [1.165, 1.54) is 6.42 Å². The third-order valence-corrected chi connectivity index (χ3v) is 6.37. The van der Waals surface area contributed by atoms with Gasteiger partial charge in [-0.3, -0.25) is 0 Å². The summed E-state index contributed by atoms with van der Waals surface area (Å²) in [6.45, 7) is 13.2. The van der Waals surface area contributed by atoms with Crippen molar-refractivity contribution in [2.24, 2.45) is 5.73 Å². The van der Waals surface area contributed by atoms with Gasteiger partial charge >= 0.3 is 6.09 Å². The van der Waals surface area contributed by atoms with Crippen LogP contribution in [0.15, 0.2) is 24.5 Å². The van der Waals surface area contributed by atoms with Crippen LogP contribution in [0.1, 0.15) is 60.3 Å². The minimum atomic E-state index is -0.431. The quantitative estimate of drug-likeness (QED) is 0.334. The van der Waals surface area contributed by atoms with Gasteiger partial charge in [0.15, 0.2) is 0 Å². The highest BCUT2D eigenvalue weighted by Gasteiger charge is 2.32. The summed E-state index contributed by atoms with van der Waals surface area (Å²) in [5.74, 6) is 2.26. The lowest BCUT2D eigenvalue weighted by atomic mass is 9.93. The molecular formula is C27H47ClN10O2. The van der Waals surface area contributed by atoms with Crippen molar-refractivity contribution in [3.8, 4) is 0 Å². The molecule has 2 atom stereocenters. The first-order valence-corrected chi connectivity index (χ1v) is 14.0. The molecule has 40 heavy (non-hydrogen) atoms. The van der Waals surface area contributed by atoms with E-state index in [2.05, 4.69) is 48.1 Å². The standard InChI is InChI=1S/C11H19N5.C11H22N2O2.C5H6ClN3/c1-11(5-3-6-13-8-11)16-10-14-7-4-9(12-2)15-10;1-10(2,3)15-9(14)13-7-5-6-11(4,12)8-13;1-7-4-2-3-8-5(6)9-4/h4,7,13H,3,5-6,8H2,1-2H3,(H2,12,14,15,16);5-8,12H2,1-4H3;2-3H,1H3,(H,7,8,9). The number of piperidine rings is 2. The monoisotopic (exact) mass is 578 g/mol. The number of carbonyl (C=O) groups excluding carboxylic acids is 1. The fraction of sp³-hybridized carbons (Fsp3) is 0.667. The van der Waals surface area contributed by atoms with Crippen LogP contribution in [0.3, 0.4) is 0 Å². The number of hydrogen-bond donors (Lipinski definition) is 5. The molecule has 2 unspecified atom stereocenters. The zero-order valence-electron chi connectivity index (χ0n) is 25.0. The summed E-state index contributed by atoms with van der Waals surface area (Å²) >= 11 is 5.46. The van der Waals surface area contributed by atoms with Crippen LogP contribution in [0.4, 0.5) is 22.4 Å². The molecular weight excluding hydrogens is 532 g/mol. The number of rotatable bonds is 4. The number of amides is 1. The third-order valence-electron chi connectivity index (χ3n) is 6.18. The summed E-state index contributed by atoms with van der Waals surface area (Å²) in [6, 6.07) is 3.60. The Labute approximate surface area is 243 Å². The lowest BCUT2D eigenvalue weighted by Crippen LogP contribution is -2.54. The number of nitrogens with two attached hydrogens (primary N) is 1. The van der Waals surface area contributed by atoms with E-state index in [1.54, 1.807) is 30.4 Å². The van der Waals surface area contributed by atoms with E-state index in [0.717, 1.165) is 50.5 Å². The number of likely N-dealkylation sites (tertiary alicyclic amines) is 1. The molecule has 1 amide bonds. The van der Waals surface area contributed by atoms with Gasteiger partial charge in [0.1, 0.15) is 17.2 Å². The fourth-order valence-corrected chi connectivity index (χ4v) is 4.36. The van der Waals surface area contributed by atoms with Gasteiger partial charge in [0.25, 0.3) is 0 Å². The van der Waals surface area contributed by atoms with Gasteiger partial charge in [-0.15, -0.1) is 0 Å². The maximum Gasteiger partial charge on any atom is 0.410 e. The summed E-state index contributed by atoms with van der Waals surface area (Å²) in [5, 5.41) is 12.9. The minimum absolute atomic E-state index is 0.0601. The number of hydrogen-bond acceptors (Lipinski definition) is 11. The molecule has 2 saturated heterocycles. The van der Waals surface area contributed by atoms with E-state index in [0.29, 0.717) is 12.5 Å². The summed E-state index contributed by atoms with van der Waals surface area (Å²) in [4.78, 5) is 29.6. The largest absolute Gasteiger partial charge is 0.444 e. The summed E-state index contributed by atoms with van der Waals surface area (Å²) in [7, 11) is 3.63. The molecule has 0 aliphatic carbocycles. The van der Waals surface area contributed by atoms with Gasteiger partial charge in [-0.1, -0.05) is 0 Å². The van der Waals surface area contributed by atoms with Crippen molar-refractivity contribution in [3.63, 3.8) is 0 Å². The summed E-state index contributed by atoms with van der Waals surface area (Å²) < 4.78 is 5.30. The van der Waals surface area contributed by atoms with Crippen LogP contribution in [0.2, 0.25) is 5.28 Å². The second-order valence-electron chi connectivity index (χ2n) is 11.6. The third kappa shape index (κ3) is 12.5. The predicted octanol–water partition coefficient (Wildman–Crippen LogP) is 3.98. The van der Waals surface area contributed by atoms with Crippen LogP contribution in [-0.4, -0.2) is 87.9 Å². The van der Waals surface area contributed by atoms with Crippen LogP contribution in [0.5, 0.6) is 0 Å². The SMILES string of the molecule is CC1(N)CCCN(C(=O)OC(C)(C)C)C1.CNc1ccnc(Cl)n1.CNc1ccnc(NC2(C)CCCNC2)n1. The van der Waals surface area contributed by atoms with Crippen LogP contribution in [-0.2, 0) is 4.74 Å². The molecule has 2 aromatic heterocycles. The average molecular weight is 579 g/mol. The number of nitrogens with one attached hydrogen (secondary N) is 4. The van der Waals surface area contributed by atoms with Crippen LogP contribution >= 0.6 is 11.6 Å². The highest BCUT2D eigenvalue weighted by atomic mass is 35.5. The maximum absolute atomic E-state index is 11.7. The maximum atomic E-state index is 11.7. The van der Waals surface area contributed by atoms with Gasteiger partial charge in [-0.2, -0.15) is 4.98 Å². The molecule has 2 fully saturated rings. The Morgan fingerprint density at radius 1 is 1.07 bits per heavy atom. The van der Waals surface area contributed by atoms with E-state index < -0.39 is 5.60 Å². The Bertz CT molecular complexity index is 1060. The molecule has 2 aliphatic rings. The molecule has 13 heteroatoms. The zero-order valence-corrected chi connectivity index (χ0v) is 25.7. The predicted molar refractivity (Wildman–Crippen MR) is 162 cm³/mol. The van der Waals surface area contributed by atoms with Gasteiger partial charge in [-0.25, -0.2) is 19.7 Å². The number of anilines is 3. The first-order chi connectivity index (χ1) is 18.7. The lowest BCUT2D eigenvalue weighted by Gasteiger charge is -2.38. The van der Waals surface area contributed by atoms with Crippen molar-refractivity contribution >= 4 is 35.3 Å². The molecule has 0 radical (unpaired) electrons. The molecule has 0 spiro atoms. The highest BCUT2D eigenvalue weighted by Crippen LogP contribution is 2.21. The molecule has 0 saturated carbocycles. The molecule has 2 aromatic rings. The van der Waals surface area contributed by atoms with Gasteiger partial charge in [0, 0.05) is 57.2 Å². The Kier molecular flexibility index (Phi) is 12.6.